The summed E-state index contributed by atoms with van der Waals surface area (Å²) in [6.45, 7) is 4.70. The number of thioether (sulfide) groups is 1. The number of rotatable bonds is 5. The second-order valence-electron chi connectivity index (χ2n) is 3.55. The molecule has 0 N–H and O–H groups in total. The van der Waals surface area contributed by atoms with Gasteiger partial charge in [0.2, 0.25) is 0 Å². The maximum atomic E-state index is 5.70. The third-order valence-corrected chi connectivity index (χ3v) is 4.10. The van der Waals surface area contributed by atoms with Crippen molar-refractivity contribution in [2.45, 2.75) is 18.2 Å². The van der Waals surface area contributed by atoms with Crippen molar-refractivity contribution in [1.29, 1.82) is 0 Å². The lowest BCUT2D eigenvalue weighted by Gasteiger charge is -2.07. The van der Waals surface area contributed by atoms with Crippen LogP contribution in [0.15, 0.2) is 28.6 Å². The molecule has 1 heterocycles. The highest BCUT2D eigenvalue weighted by molar-refractivity contribution is 8.01. The molecule has 2 rings (SSSR count). The summed E-state index contributed by atoms with van der Waals surface area (Å²) >= 11 is 3.31. The first kappa shape index (κ1) is 12.4. The third kappa shape index (κ3) is 3.71. The fraction of sp³-hybridized carbons (Fsp3) is 0.333. The zero-order chi connectivity index (χ0) is 12.1. The van der Waals surface area contributed by atoms with E-state index in [1.165, 1.54) is 5.56 Å². The molecule has 0 atom stereocenters. The van der Waals surface area contributed by atoms with Crippen LogP contribution >= 0.6 is 23.1 Å². The zero-order valence-corrected chi connectivity index (χ0v) is 11.5. The molecule has 0 spiro atoms. The lowest BCUT2D eigenvalue weighted by Crippen LogP contribution is -2.01. The molecule has 0 aliphatic rings. The van der Waals surface area contributed by atoms with Crippen molar-refractivity contribution in [2.75, 3.05) is 12.4 Å². The molecular weight excluding hydrogens is 252 g/mol. The van der Waals surface area contributed by atoms with Gasteiger partial charge in [-0.25, -0.2) is 0 Å². The molecule has 0 unspecified atom stereocenters. The van der Waals surface area contributed by atoms with E-state index in [-0.39, 0.29) is 0 Å². The summed E-state index contributed by atoms with van der Waals surface area (Å²) in [7, 11) is 0. The van der Waals surface area contributed by atoms with Crippen molar-refractivity contribution < 1.29 is 4.74 Å². The number of aryl methyl sites for hydroxylation is 2. The molecule has 1 aromatic carbocycles. The first-order valence-electron chi connectivity index (χ1n) is 5.37. The topological polar surface area (TPSA) is 35.0 Å². The van der Waals surface area contributed by atoms with Gasteiger partial charge < -0.3 is 4.74 Å². The van der Waals surface area contributed by atoms with Crippen LogP contribution in [0.1, 0.15) is 10.6 Å². The molecule has 90 valence electrons. The van der Waals surface area contributed by atoms with Crippen molar-refractivity contribution in [3.63, 3.8) is 0 Å². The molecule has 0 bridgehead atoms. The minimum atomic E-state index is 0.689. The normalized spacial score (nSPS) is 10.5. The third-order valence-electron chi connectivity index (χ3n) is 2.17. The predicted octanol–water partition coefficient (Wildman–Crippen LogP) is 3.33. The van der Waals surface area contributed by atoms with E-state index in [1.807, 2.05) is 25.1 Å². The maximum absolute atomic E-state index is 5.70. The first-order chi connectivity index (χ1) is 8.25. The molecule has 2 aromatic rings. The highest BCUT2D eigenvalue weighted by Crippen LogP contribution is 2.22. The van der Waals surface area contributed by atoms with Crippen LogP contribution in [0.4, 0.5) is 0 Å². The summed E-state index contributed by atoms with van der Waals surface area (Å²) in [4.78, 5) is 0. The van der Waals surface area contributed by atoms with E-state index < -0.39 is 0 Å². The van der Waals surface area contributed by atoms with Crippen LogP contribution in [0.5, 0.6) is 5.75 Å². The van der Waals surface area contributed by atoms with E-state index in [0.29, 0.717) is 6.61 Å². The molecular formula is C12H14N2OS2. The van der Waals surface area contributed by atoms with Crippen molar-refractivity contribution >= 4 is 23.1 Å². The first-order valence-corrected chi connectivity index (χ1v) is 7.17. The van der Waals surface area contributed by atoms with Gasteiger partial charge in [-0.3, -0.25) is 0 Å². The van der Waals surface area contributed by atoms with Crippen LogP contribution < -0.4 is 4.74 Å². The largest absolute Gasteiger partial charge is 0.492 e. The second kappa shape index (κ2) is 6.02. The fourth-order valence-corrected chi connectivity index (χ4v) is 3.04. The predicted molar refractivity (Wildman–Crippen MR) is 72.0 cm³/mol. The minimum absolute atomic E-state index is 0.689. The molecule has 0 fully saturated rings. The molecule has 17 heavy (non-hydrogen) atoms. The molecule has 5 heteroatoms. The van der Waals surface area contributed by atoms with Crippen LogP contribution in [0.3, 0.4) is 0 Å². The number of ether oxygens (including phenoxy) is 1. The average Bonchev–Trinajstić information content (AvgIpc) is 2.73. The minimum Gasteiger partial charge on any atom is -0.492 e. The van der Waals surface area contributed by atoms with E-state index >= 15 is 0 Å². The Bertz CT molecular complexity index is 485. The van der Waals surface area contributed by atoms with Crippen LogP contribution in [-0.4, -0.2) is 22.6 Å². The van der Waals surface area contributed by atoms with Crippen molar-refractivity contribution in [3.05, 3.63) is 34.8 Å². The van der Waals surface area contributed by atoms with Gasteiger partial charge in [0.05, 0.1) is 6.61 Å². The standard InChI is InChI=1S/C12H14N2OS2/c1-9-5-3-4-6-11(9)15-7-8-16-12-14-13-10(2)17-12/h3-6H,7-8H2,1-2H3. The van der Waals surface area contributed by atoms with E-state index in [9.17, 15) is 0 Å². The van der Waals surface area contributed by atoms with E-state index in [0.717, 1.165) is 20.8 Å². The van der Waals surface area contributed by atoms with Crippen molar-refractivity contribution in [1.82, 2.24) is 10.2 Å². The number of para-hydroxylation sites is 1. The summed E-state index contributed by atoms with van der Waals surface area (Å²) in [5.74, 6) is 1.85. The molecule has 1 aromatic heterocycles. The molecule has 3 nitrogen and oxygen atoms in total. The van der Waals surface area contributed by atoms with Gasteiger partial charge in [0.1, 0.15) is 10.8 Å². The molecule has 0 saturated carbocycles. The van der Waals surface area contributed by atoms with Crippen LogP contribution in [0, 0.1) is 13.8 Å². The Kier molecular flexibility index (Phi) is 4.39. The Hall–Kier alpha value is -1.07. The molecule has 0 aliphatic heterocycles. The summed E-state index contributed by atoms with van der Waals surface area (Å²) in [6.07, 6.45) is 0. The highest BCUT2D eigenvalue weighted by atomic mass is 32.2. The lowest BCUT2D eigenvalue weighted by molar-refractivity contribution is 0.341. The Morgan fingerprint density at radius 1 is 1.24 bits per heavy atom. The second-order valence-corrected chi connectivity index (χ2v) is 6.07. The summed E-state index contributed by atoms with van der Waals surface area (Å²) < 4.78 is 6.71. The van der Waals surface area contributed by atoms with Gasteiger partial charge in [-0.15, -0.1) is 10.2 Å². The van der Waals surface area contributed by atoms with Crippen molar-refractivity contribution in [2.24, 2.45) is 0 Å². The number of hydrogen-bond donors (Lipinski definition) is 0. The molecule has 0 radical (unpaired) electrons. The van der Waals surface area contributed by atoms with Gasteiger partial charge in [0.15, 0.2) is 4.34 Å². The van der Waals surface area contributed by atoms with Gasteiger partial charge in [0.25, 0.3) is 0 Å². The van der Waals surface area contributed by atoms with Crippen LogP contribution in [-0.2, 0) is 0 Å². The molecule has 0 amide bonds. The van der Waals surface area contributed by atoms with E-state index in [2.05, 4.69) is 23.2 Å². The summed E-state index contributed by atoms with van der Waals surface area (Å²) in [5.41, 5.74) is 1.17. The smallest absolute Gasteiger partial charge is 0.174 e. The zero-order valence-electron chi connectivity index (χ0n) is 9.84. The number of nitrogens with zero attached hydrogens (tertiary/aromatic N) is 2. The van der Waals surface area contributed by atoms with Gasteiger partial charge in [-0.1, -0.05) is 41.3 Å². The van der Waals surface area contributed by atoms with E-state index in [1.54, 1.807) is 23.1 Å². The fourth-order valence-electron chi connectivity index (χ4n) is 1.34. The van der Waals surface area contributed by atoms with Gasteiger partial charge in [-0.2, -0.15) is 0 Å². The maximum Gasteiger partial charge on any atom is 0.174 e. The summed E-state index contributed by atoms with van der Waals surface area (Å²) in [5, 5.41) is 9.04. The Morgan fingerprint density at radius 3 is 2.76 bits per heavy atom. The van der Waals surface area contributed by atoms with E-state index in [4.69, 9.17) is 4.74 Å². The molecule has 0 aliphatic carbocycles. The number of benzene rings is 1. The van der Waals surface area contributed by atoms with Crippen molar-refractivity contribution in [3.8, 4) is 5.75 Å². The van der Waals surface area contributed by atoms with Gasteiger partial charge in [0, 0.05) is 5.75 Å². The lowest BCUT2D eigenvalue weighted by atomic mass is 10.2. The quantitative estimate of drug-likeness (QED) is 0.614. The Labute approximate surface area is 109 Å². The summed E-state index contributed by atoms with van der Waals surface area (Å²) in [6, 6.07) is 8.05. The number of aromatic nitrogens is 2. The Morgan fingerprint density at radius 2 is 2.06 bits per heavy atom. The van der Waals surface area contributed by atoms with Crippen LogP contribution in [0.25, 0.3) is 0 Å². The van der Waals surface area contributed by atoms with Gasteiger partial charge in [-0.05, 0) is 25.5 Å². The SMILES string of the molecule is Cc1nnc(SCCOc2ccccc2C)s1. The Balaban J connectivity index is 1.75. The molecule has 0 saturated heterocycles. The monoisotopic (exact) mass is 266 g/mol. The number of hydrogen-bond acceptors (Lipinski definition) is 5. The highest BCUT2D eigenvalue weighted by Gasteiger charge is 2.02. The van der Waals surface area contributed by atoms with Gasteiger partial charge >= 0.3 is 0 Å². The van der Waals surface area contributed by atoms with Crippen LogP contribution in [0.2, 0.25) is 0 Å². The average molecular weight is 266 g/mol.